The molecular weight excluding hydrogens is 390 g/mol. The third-order valence-electron chi connectivity index (χ3n) is 4.79. The molecule has 5 heteroatoms. The van der Waals surface area contributed by atoms with Crippen molar-refractivity contribution in [2.24, 2.45) is 5.92 Å². The second-order valence-corrected chi connectivity index (χ2v) is 8.40. The highest BCUT2D eigenvalue weighted by Gasteiger charge is 2.31. The van der Waals surface area contributed by atoms with E-state index in [2.05, 4.69) is 41.7 Å². The number of furan rings is 1. The summed E-state index contributed by atoms with van der Waals surface area (Å²) in [7, 11) is 0. The van der Waals surface area contributed by atoms with Gasteiger partial charge in [-0.2, -0.15) is 0 Å². The quantitative estimate of drug-likeness (QED) is 0.491. The number of hydrogen-bond donors (Lipinski definition) is 0. The lowest BCUT2D eigenvalue weighted by molar-refractivity contribution is -0.00361. The number of likely N-dealkylation sites (tertiary alicyclic amines) is 1. The zero-order chi connectivity index (χ0) is 23.1. The van der Waals surface area contributed by atoms with Crippen molar-refractivity contribution in [2.75, 3.05) is 19.7 Å². The van der Waals surface area contributed by atoms with Crippen LogP contribution < -0.4 is 0 Å². The lowest BCUT2D eigenvalue weighted by atomic mass is 9.87. The molecule has 0 aromatic carbocycles. The van der Waals surface area contributed by atoms with Gasteiger partial charge < -0.3 is 18.8 Å². The van der Waals surface area contributed by atoms with Gasteiger partial charge in [-0.25, -0.2) is 4.79 Å². The third kappa shape index (κ3) is 11.1. The standard InChI is InChI=1S/C20H31NO3.C4H4O.C2H6/c1-16-10-8-6-5-7-9-15-23-18(16)17-11-13-21(14-12-17)19(22)24-20(2,3)4;1-2-4-5-3-1;1-2/h5-8,10,17-18H,9,11-15H2,1-4H3;1-4H;1-2H3/b7-5+,8-6-,16-10+;;. The molecule has 0 radical (unpaired) electrons. The van der Waals surface area contributed by atoms with Crippen molar-refractivity contribution in [3.8, 4) is 0 Å². The minimum absolute atomic E-state index is 0.141. The van der Waals surface area contributed by atoms with Crippen LogP contribution in [0, 0.1) is 5.92 Å². The average molecular weight is 432 g/mol. The molecule has 174 valence electrons. The highest BCUT2D eigenvalue weighted by Crippen LogP contribution is 2.28. The molecule has 1 amide bonds. The Morgan fingerprint density at radius 3 is 2.26 bits per heavy atom. The number of hydrogen-bond acceptors (Lipinski definition) is 4. The summed E-state index contributed by atoms with van der Waals surface area (Å²) in [6.45, 7) is 14.1. The summed E-state index contributed by atoms with van der Waals surface area (Å²) < 4.78 is 16.2. The maximum Gasteiger partial charge on any atom is 0.410 e. The minimum atomic E-state index is -0.438. The van der Waals surface area contributed by atoms with Gasteiger partial charge in [-0.15, -0.1) is 0 Å². The molecule has 1 aromatic rings. The third-order valence-corrected chi connectivity index (χ3v) is 4.79. The van der Waals surface area contributed by atoms with Gasteiger partial charge in [0.25, 0.3) is 0 Å². The summed E-state index contributed by atoms with van der Waals surface area (Å²) in [6, 6.07) is 3.67. The second-order valence-electron chi connectivity index (χ2n) is 8.40. The largest absolute Gasteiger partial charge is 0.473 e. The van der Waals surface area contributed by atoms with E-state index in [1.807, 2.05) is 51.7 Å². The molecule has 1 fully saturated rings. The predicted octanol–water partition coefficient (Wildman–Crippen LogP) is 6.79. The van der Waals surface area contributed by atoms with Gasteiger partial charge in [0, 0.05) is 13.1 Å². The first kappa shape index (κ1) is 26.8. The summed E-state index contributed by atoms with van der Waals surface area (Å²) >= 11 is 0. The number of carbonyl (C=O) groups excluding carboxylic acids is 1. The normalized spacial score (nSPS) is 23.6. The smallest absolute Gasteiger partial charge is 0.410 e. The van der Waals surface area contributed by atoms with Crippen LogP contribution in [-0.2, 0) is 9.47 Å². The van der Waals surface area contributed by atoms with Gasteiger partial charge in [0.15, 0.2) is 0 Å². The Labute approximate surface area is 188 Å². The van der Waals surface area contributed by atoms with Crippen molar-refractivity contribution in [3.05, 3.63) is 60.6 Å². The fourth-order valence-electron chi connectivity index (χ4n) is 3.38. The number of nitrogens with zero attached hydrogens (tertiary/aromatic N) is 1. The first-order chi connectivity index (χ1) is 14.9. The van der Waals surface area contributed by atoms with Crippen LogP contribution in [0.3, 0.4) is 0 Å². The van der Waals surface area contributed by atoms with Crippen LogP contribution in [0.15, 0.2) is 65.0 Å². The predicted molar refractivity (Wildman–Crippen MR) is 127 cm³/mol. The molecular formula is C26H41NO4. The molecule has 1 atom stereocenters. The van der Waals surface area contributed by atoms with Crippen LogP contribution in [0.5, 0.6) is 0 Å². The summed E-state index contributed by atoms with van der Waals surface area (Å²) in [5.41, 5.74) is 0.823. The lowest BCUT2D eigenvalue weighted by Gasteiger charge is -2.37. The average Bonchev–Trinajstić information content (AvgIpc) is 3.33. The maximum atomic E-state index is 12.2. The van der Waals surface area contributed by atoms with Crippen molar-refractivity contribution in [2.45, 2.75) is 72.5 Å². The summed E-state index contributed by atoms with van der Waals surface area (Å²) in [6.07, 6.45) is 16.5. The number of piperidine rings is 1. The molecule has 3 heterocycles. The zero-order valence-electron chi connectivity index (χ0n) is 20.2. The fourth-order valence-corrected chi connectivity index (χ4v) is 3.38. The van der Waals surface area contributed by atoms with Crippen molar-refractivity contribution in [3.63, 3.8) is 0 Å². The molecule has 2 aliphatic heterocycles. The first-order valence-electron chi connectivity index (χ1n) is 11.4. The van der Waals surface area contributed by atoms with Crippen molar-refractivity contribution in [1.82, 2.24) is 4.90 Å². The monoisotopic (exact) mass is 431 g/mol. The van der Waals surface area contributed by atoms with E-state index in [-0.39, 0.29) is 12.2 Å². The van der Waals surface area contributed by atoms with Crippen LogP contribution >= 0.6 is 0 Å². The number of carbonyl (C=O) groups is 1. The Morgan fingerprint density at radius 2 is 1.71 bits per heavy atom. The molecule has 5 nitrogen and oxygen atoms in total. The lowest BCUT2D eigenvalue weighted by Crippen LogP contribution is -2.44. The van der Waals surface area contributed by atoms with Gasteiger partial charge in [0.1, 0.15) is 5.60 Å². The zero-order valence-corrected chi connectivity index (χ0v) is 20.2. The maximum absolute atomic E-state index is 12.2. The topological polar surface area (TPSA) is 51.9 Å². The molecule has 0 N–H and O–H groups in total. The minimum Gasteiger partial charge on any atom is -0.473 e. The Balaban J connectivity index is 0.000000589. The Morgan fingerprint density at radius 1 is 1.06 bits per heavy atom. The molecule has 1 unspecified atom stereocenters. The summed E-state index contributed by atoms with van der Waals surface area (Å²) in [4.78, 5) is 14.0. The van der Waals surface area contributed by atoms with Gasteiger partial charge in [0.05, 0.1) is 25.2 Å². The molecule has 3 rings (SSSR count). The fraction of sp³-hybridized carbons (Fsp3) is 0.577. The molecule has 0 saturated carbocycles. The molecule has 1 aromatic heterocycles. The number of allylic oxidation sites excluding steroid dienone is 4. The van der Waals surface area contributed by atoms with Gasteiger partial charge in [-0.1, -0.05) is 44.2 Å². The van der Waals surface area contributed by atoms with Crippen LogP contribution in [0.25, 0.3) is 0 Å². The van der Waals surface area contributed by atoms with Crippen LogP contribution in [0.1, 0.15) is 60.8 Å². The van der Waals surface area contributed by atoms with Crippen LogP contribution in [-0.4, -0.2) is 42.4 Å². The molecule has 1 saturated heterocycles. The van der Waals surface area contributed by atoms with Gasteiger partial charge in [-0.3, -0.25) is 0 Å². The number of amides is 1. The van der Waals surface area contributed by atoms with E-state index in [4.69, 9.17) is 9.47 Å². The van der Waals surface area contributed by atoms with E-state index in [1.165, 1.54) is 5.57 Å². The molecule has 31 heavy (non-hydrogen) atoms. The number of rotatable bonds is 1. The second kappa shape index (κ2) is 14.7. The van der Waals surface area contributed by atoms with E-state index >= 15 is 0 Å². The van der Waals surface area contributed by atoms with Crippen LogP contribution in [0.4, 0.5) is 4.79 Å². The van der Waals surface area contributed by atoms with Gasteiger partial charge >= 0.3 is 6.09 Å². The Kier molecular flexibility index (Phi) is 12.7. The van der Waals surface area contributed by atoms with E-state index in [1.54, 1.807) is 12.5 Å². The highest BCUT2D eigenvalue weighted by atomic mass is 16.6. The van der Waals surface area contributed by atoms with E-state index < -0.39 is 5.60 Å². The molecule has 0 bridgehead atoms. The Bertz CT molecular complexity index is 658. The van der Waals surface area contributed by atoms with E-state index in [0.717, 1.165) is 39.0 Å². The first-order valence-corrected chi connectivity index (χ1v) is 11.4. The number of ether oxygens (including phenoxy) is 2. The molecule has 2 aliphatic rings. The molecule has 0 aliphatic carbocycles. The molecule has 0 spiro atoms. The van der Waals surface area contributed by atoms with Gasteiger partial charge in [0.2, 0.25) is 0 Å². The SMILES string of the molecule is CC.C\C1=C/C=C\C=C\CCOC1C1CCN(C(=O)OC(C)(C)C)CC1.c1ccoc1. The van der Waals surface area contributed by atoms with Crippen molar-refractivity contribution in [1.29, 1.82) is 0 Å². The van der Waals surface area contributed by atoms with E-state index in [0.29, 0.717) is 5.92 Å². The summed E-state index contributed by atoms with van der Waals surface area (Å²) in [5.74, 6) is 0.455. The summed E-state index contributed by atoms with van der Waals surface area (Å²) in [5, 5.41) is 0. The van der Waals surface area contributed by atoms with Crippen LogP contribution in [0.2, 0.25) is 0 Å². The highest BCUT2D eigenvalue weighted by molar-refractivity contribution is 5.68. The van der Waals surface area contributed by atoms with Crippen molar-refractivity contribution >= 4 is 6.09 Å². The van der Waals surface area contributed by atoms with Crippen molar-refractivity contribution < 1.29 is 18.7 Å². The van der Waals surface area contributed by atoms with Gasteiger partial charge in [-0.05, 0) is 70.6 Å². The van der Waals surface area contributed by atoms with E-state index in [9.17, 15) is 4.79 Å². The Hall–Kier alpha value is -2.27.